The van der Waals surface area contributed by atoms with Gasteiger partial charge in [-0.2, -0.15) is 0 Å². The van der Waals surface area contributed by atoms with Gasteiger partial charge in [-0.25, -0.2) is 0 Å². The minimum absolute atomic E-state index is 0.0269. The molecule has 3 aromatic rings. The number of ether oxygens (including phenoxy) is 2. The van der Waals surface area contributed by atoms with E-state index in [4.69, 9.17) is 9.47 Å². The molecule has 1 atom stereocenters. The number of thiophene rings is 1. The molecule has 6 nitrogen and oxygen atoms in total. The average molecular weight is 507 g/mol. The number of nitrogens with zero attached hydrogens (tertiary/aromatic N) is 2. The van der Waals surface area contributed by atoms with Crippen LogP contribution in [0, 0.1) is 6.92 Å². The van der Waals surface area contributed by atoms with Gasteiger partial charge in [0.25, 0.3) is 0 Å². The first kappa shape index (κ1) is 26.1. The third kappa shape index (κ3) is 6.40. The highest BCUT2D eigenvalue weighted by Gasteiger charge is 2.34. The van der Waals surface area contributed by atoms with Crippen molar-refractivity contribution >= 4 is 23.2 Å². The monoisotopic (exact) mass is 506 g/mol. The molecule has 0 spiro atoms. The molecule has 190 valence electrons. The van der Waals surface area contributed by atoms with E-state index in [0.29, 0.717) is 32.7 Å². The summed E-state index contributed by atoms with van der Waals surface area (Å²) in [6.45, 7) is 4.01. The lowest BCUT2D eigenvalue weighted by molar-refractivity contribution is -0.144. The van der Waals surface area contributed by atoms with Crippen LogP contribution in [0.2, 0.25) is 0 Å². The van der Waals surface area contributed by atoms with E-state index in [9.17, 15) is 9.59 Å². The summed E-state index contributed by atoms with van der Waals surface area (Å²) in [5.74, 6) is -0.231. The Kier molecular flexibility index (Phi) is 9.28. The van der Waals surface area contributed by atoms with E-state index < -0.39 is 0 Å². The number of rotatable bonds is 11. The van der Waals surface area contributed by atoms with Crippen LogP contribution in [-0.2, 0) is 32.1 Å². The van der Waals surface area contributed by atoms with Gasteiger partial charge in [0, 0.05) is 31.7 Å². The van der Waals surface area contributed by atoms with E-state index >= 15 is 0 Å². The Hall–Kier alpha value is -3.00. The van der Waals surface area contributed by atoms with Crippen LogP contribution in [0.15, 0.2) is 66.0 Å². The molecule has 0 N–H and O–H groups in total. The molecule has 0 aliphatic carbocycles. The SMILES string of the molecule is COCCCN(CC(=O)N1CCc2sccc2C1c1ccccc1C)C(=O)COCc1ccccc1. The molecule has 2 aromatic carbocycles. The number of benzene rings is 2. The maximum atomic E-state index is 13.7. The van der Waals surface area contributed by atoms with Crippen molar-refractivity contribution in [1.82, 2.24) is 9.80 Å². The van der Waals surface area contributed by atoms with Crippen molar-refractivity contribution in [3.63, 3.8) is 0 Å². The molecule has 0 fully saturated rings. The first-order valence-electron chi connectivity index (χ1n) is 12.4. The largest absolute Gasteiger partial charge is 0.385 e. The highest BCUT2D eigenvalue weighted by atomic mass is 32.1. The molecule has 7 heteroatoms. The summed E-state index contributed by atoms with van der Waals surface area (Å²) in [4.78, 5) is 31.7. The van der Waals surface area contributed by atoms with E-state index in [2.05, 4.69) is 30.5 Å². The fourth-order valence-electron chi connectivity index (χ4n) is 4.68. The topological polar surface area (TPSA) is 59.1 Å². The second kappa shape index (κ2) is 12.8. The summed E-state index contributed by atoms with van der Waals surface area (Å²) in [5, 5.41) is 2.11. The molecule has 2 heterocycles. The number of amides is 2. The molecular weight excluding hydrogens is 472 g/mol. The number of methoxy groups -OCH3 is 1. The van der Waals surface area contributed by atoms with Crippen molar-refractivity contribution in [2.45, 2.75) is 32.4 Å². The fraction of sp³-hybridized carbons (Fsp3) is 0.379. The molecule has 2 amide bonds. The lowest BCUT2D eigenvalue weighted by Crippen LogP contribution is -2.48. The number of fused-ring (bicyclic) bond motifs is 1. The zero-order valence-corrected chi connectivity index (χ0v) is 21.8. The lowest BCUT2D eigenvalue weighted by Gasteiger charge is -2.38. The van der Waals surface area contributed by atoms with Crippen molar-refractivity contribution < 1.29 is 19.1 Å². The van der Waals surface area contributed by atoms with Gasteiger partial charge in [0.1, 0.15) is 6.61 Å². The standard InChI is InChI=1S/C29H34N2O4S/c1-22-9-6-7-12-24(22)29-25-14-18-36-26(25)13-16-31(29)27(32)19-30(15-8-17-34-2)28(33)21-35-20-23-10-4-3-5-11-23/h3-7,9-12,14,18,29H,8,13,15-17,19-21H2,1-2H3. The molecule has 0 radical (unpaired) electrons. The number of aryl methyl sites for hydroxylation is 1. The minimum Gasteiger partial charge on any atom is -0.385 e. The zero-order chi connectivity index (χ0) is 25.3. The predicted octanol–water partition coefficient (Wildman–Crippen LogP) is 4.61. The van der Waals surface area contributed by atoms with Gasteiger partial charge in [0.05, 0.1) is 19.2 Å². The Bertz CT molecular complexity index is 1150. The first-order chi connectivity index (χ1) is 17.6. The number of hydrogen-bond acceptors (Lipinski definition) is 5. The van der Waals surface area contributed by atoms with E-state index in [1.807, 2.05) is 47.4 Å². The lowest BCUT2D eigenvalue weighted by atomic mass is 9.90. The summed E-state index contributed by atoms with van der Waals surface area (Å²) in [5.41, 5.74) is 4.49. The van der Waals surface area contributed by atoms with Gasteiger partial charge in [0.15, 0.2) is 0 Å². The predicted molar refractivity (Wildman–Crippen MR) is 142 cm³/mol. The number of hydrogen-bond donors (Lipinski definition) is 0. The molecule has 0 saturated carbocycles. The minimum atomic E-state index is -0.184. The van der Waals surface area contributed by atoms with Crippen LogP contribution in [0.3, 0.4) is 0 Å². The third-order valence-electron chi connectivity index (χ3n) is 6.56. The van der Waals surface area contributed by atoms with Gasteiger partial charge < -0.3 is 19.3 Å². The molecule has 0 saturated heterocycles. The Balaban J connectivity index is 1.48. The maximum absolute atomic E-state index is 13.7. The summed E-state index contributed by atoms with van der Waals surface area (Å²) < 4.78 is 10.9. The smallest absolute Gasteiger partial charge is 0.249 e. The zero-order valence-electron chi connectivity index (χ0n) is 21.0. The Labute approximate surface area is 217 Å². The Morgan fingerprint density at radius 2 is 1.83 bits per heavy atom. The number of carbonyl (C=O) groups is 2. The van der Waals surface area contributed by atoms with Crippen molar-refractivity contribution in [1.29, 1.82) is 0 Å². The normalized spacial score (nSPS) is 14.9. The summed E-state index contributed by atoms with van der Waals surface area (Å²) in [6, 6.07) is 20.0. The molecule has 1 aromatic heterocycles. The summed E-state index contributed by atoms with van der Waals surface area (Å²) in [6.07, 6.45) is 1.49. The molecule has 1 aliphatic heterocycles. The second-order valence-corrected chi connectivity index (χ2v) is 10.0. The van der Waals surface area contributed by atoms with Crippen LogP contribution in [0.4, 0.5) is 0 Å². The maximum Gasteiger partial charge on any atom is 0.249 e. The second-order valence-electron chi connectivity index (χ2n) is 9.04. The van der Waals surface area contributed by atoms with E-state index in [1.165, 1.54) is 10.4 Å². The van der Waals surface area contributed by atoms with E-state index in [0.717, 1.165) is 23.1 Å². The van der Waals surface area contributed by atoms with Crippen LogP contribution in [0.5, 0.6) is 0 Å². The van der Waals surface area contributed by atoms with Crippen molar-refractivity contribution in [2.24, 2.45) is 0 Å². The van der Waals surface area contributed by atoms with Gasteiger partial charge in [-0.3, -0.25) is 9.59 Å². The Morgan fingerprint density at radius 1 is 1.06 bits per heavy atom. The van der Waals surface area contributed by atoms with Gasteiger partial charge in [-0.1, -0.05) is 54.6 Å². The first-order valence-corrected chi connectivity index (χ1v) is 13.3. The van der Waals surface area contributed by atoms with Crippen LogP contribution in [0.1, 0.15) is 39.6 Å². The summed E-state index contributed by atoms with van der Waals surface area (Å²) >= 11 is 1.75. The van der Waals surface area contributed by atoms with Crippen LogP contribution >= 0.6 is 11.3 Å². The van der Waals surface area contributed by atoms with Crippen molar-refractivity contribution in [3.8, 4) is 0 Å². The number of carbonyl (C=O) groups excluding carboxylic acids is 2. The Morgan fingerprint density at radius 3 is 2.61 bits per heavy atom. The molecule has 0 bridgehead atoms. The van der Waals surface area contributed by atoms with Crippen LogP contribution in [0.25, 0.3) is 0 Å². The molecular formula is C29H34N2O4S. The molecule has 36 heavy (non-hydrogen) atoms. The van der Waals surface area contributed by atoms with E-state index in [1.54, 1.807) is 23.3 Å². The molecule has 1 aliphatic rings. The van der Waals surface area contributed by atoms with Crippen LogP contribution < -0.4 is 0 Å². The van der Waals surface area contributed by atoms with E-state index in [-0.39, 0.29) is 31.0 Å². The fourth-order valence-corrected chi connectivity index (χ4v) is 5.59. The highest BCUT2D eigenvalue weighted by Crippen LogP contribution is 2.39. The van der Waals surface area contributed by atoms with Gasteiger partial charge in [-0.05, 0) is 53.5 Å². The van der Waals surface area contributed by atoms with Gasteiger partial charge in [0.2, 0.25) is 11.8 Å². The van der Waals surface area contributed by atoms with Crippen molar-refractivity contribution in [3.05, 3.63) is 93.2 Å². The van der Waals surface area contributed by atoms with Gasteiger partial charge in [-0.15, -0.1) is 11.3 Å². The summed E-state index contributed by atoms with van der Waals surface area (Å²) in [7, 11) is 1.64. The highest BCUT2D eigenvalue weighted by molar-refractivity contribution is 7.10. The molecule has 1 unspecified atom stereocenters. The van der Waals surface area contributed by atoms with Gasteiger partial charge >= 0.3 is 0 Å². The van der Waals surface area contributed by atoms with Crippen LogP contribution in [-0.4, -0.2) is 61.6 Å². The van der Waals surface area contributed by atoms with Crippen molar-refractivity contribution in [2.75, 3.05) is 40.0 Å². The quantitative estimate of drug-likeness (QED) is 0.356. The third-order valence-corrected chi connectivity index (χ3v) is 7.56. The average Bonchev–Trinajstić information content (AvgIpc) is 3.38. The molecule has 4 rings (SSSR count).